The Balaban J connectivity index is 1.60. The molecule has 0 bridgehead atoms. The highest BCUT2D eigenvalue weighted by molar-refractivity contribution is 5.89. The molecular weight excluding hydrogens is 252 g/mol. The van der Waals surface area contributed by atoms with Gasteiger partial charge in [-0.25, -0.2) is 4.79 Å². The van der Waals surface area contributed by atoms with Crippen LogP contribution in [0.3, 0.4) is 0 Å². The van der Waals surface area contributed by atoms with Crippen LogP contribution < -0.4 is 16.0 Å². The zero-order valence-corrected chi connectivity index (χ0v) is 12.1. The van der Waals surface area contributed by atoms with Crippen molar-refractivity contribution >= 4 is 11.7 Å². The van der Waals surface area contributed by atoms with Crippen LogP contribution in [0.1, 0.15) is 12.0 Å². The molecular formula is C15H24N4O. The van der Waals surface area contributed by atoms with E-state index in [1.54, 1.807) is 0 Å². The summed E-state index contributed by atoms with van der Waals surface area (Å²) in [4.78, 5) is 14.2. The molecule has 1 aromatic rings. The number of hydrogen-bond acceptors (Lipinski definition) is 3. The molecule has 1 saturated heterocycles. The largest absolute Gasteiger partial charge is 0.338 e. The lowest BCUT2D eigenvalue weighted by molar-refractivity contribution is 0.234. The van der Waals surface area contributed by atoms with Crippen LogP contribution in [0.4, 0.5) is 10.5 Å². The molecule has 1 fully saturated rings. The van der Waals surface area contributed by atoms with Gasteiger partial charge in [-0.2, -0.15) is 0 Å². The average molecular weight is 276 g/mol. The molecule has 110 valence electrons. The third-order valence-corrected chi connectivity index (χ3v) is 3.42. The Labute approximate surface area is 120 Å². The number of amides is 2. The molecule has 5 heteroatoms. The summed E-state index contributed by atoms with van der Waals surface area (Å²) in [6.07, 6.45) is 0.987. The number of aryl methyl sites for hydroxylation is 1. The Kier molecular flexibility index (Phi) is 5.83. The third-order valence-electron chi connectivity index (χ3n) is 3.42. The summed E-state index contributed by atoms with van der Waals surface area (Å²) in [5.41, 5.74) is 1.98. The predicted molar refractivity (Wildman–Crippen MR) is 82.1 cm³/mol. The van der Waals surface area contributed by atoms with Gasteiger partial charge in [0.05, 0.1) is 0 Å². The standard InChI is InChI=1S/C15H24N4O/c1-13-4-2-5-14(12-13)18-15(20)17-6-3-9-19-10-7-16-8-11-19/h2,4-5,12,16H,3,6-11H2,1H3,(H2,17,18,20). The minimum absolute atomic E-state index is 0.129. The average Bonchev–Trinajstić information content (AvgIpc) is 2.45. The number of anilines is 1. The second-order valence-corrected chi connectivity index (χ2v) is 5.20. The van der Waals surface area contributed by atoms with Gasteiger partial charge in [-0.15, -0.1) is 0 Å². The van der Waals surface area contributed by atoms with Gasteiger partial charge in [0.2, 0.25) is 0 Å². The Morgan fingerprint density at radius 3 is 2.90 bits per heavy atom. The van der Waals surface area contributed by atoms with Gasteiger partial charge >= 0.3 is 6.03 Å². The first-order valence-corrected chi connectivity index (χ1v) is 7.28. The normalized spacial score (nSPS) is 15.8. The number of nitrogens with one attached hydrogen (secondary N) is 3. The van der Waals surface area contributed by atoms with Crippen molar-refractivity contribution in [2.45, 2.75) is 13.3 Å². The first-order valence-electron chi connectivity index (χ1n) is 7.28. The van der Waals surface area contributed by atoms with E-state index in [4.69, 9.17) is 0 Å². The van der Waals surface area contributed by atoms with Gasteiger partial charge in [-0.1, -0.05) is 12.1 Å². The first-order chi connectivity index (χ1) is 9.74. The van der Waals surface area contributed by atoms with Crippen molar-refractivity contribution in [3.8, 4) is 0 Å². The molecule has 1 aromatic carbocycles. The van der Waals surface area contributed by atoms with Crippen LogP contribution >= 0.6 is 0 Å². The van der Waals surface area contributed by atoms with Crippen LogP contribution in [0.25, 0.3) is 0 Å². The van der Waals surface area contributed by atoms with Crippen LogP contribution in [-0.2, 0) is 0 Å². The Morgan fingerprint density at radius 2 is 2.15 bits per heavy atom. The van der Waals surface area contributed by atoms with Crippen LogP contribution in [-0.4, -0.2) is 50.2 Å². The molecule has 1 aliphatic heterocycles. The van der Waals surface area contributed by atoms with Crippen molar-refractivity contribution in [3.05, 3.63) is 29.8 Å². The minimum Gasteiger partial charge on any atom is -0.338 e. The van der Waals surface area contributed by atoms with E-state index in [0.717, 1.165) is 50.4 Å². The van der Waals surface area contributed by atoms with E-state index >= 15 is 0 Å². The van der Waals surface area contributed by atoms with Crippen LogP contribution in [0.15, 0.2) is 24.3 Å². The molecule has 2 amide bonds. The van der Waals surface area contributed by atoms with E-state index in [-0.39, 0.29) is 6.03 Å². The van der Waals surface area contributed by atoms with Crippen LogP contribution in [0.5, 0.6) is 0 Å². The van der Waals surface area contributed by atoms with E-state index in [9.17, 15) is 4.79 Å². The molecule has 0 atom stereocenters. The number of hydrogen-bond donors (Lipinski definition) is 3. The van der Waals surface area contributed by atoms with Gasteiger partial charge in [0.1, 0.15) is 0 Å². The number of urea groups is 1. The highest BCUT2D eigenvalue weighted by Gasteiger charge is 2.08. The van der Waals surface area contributed by atoms with E-state index < -0.39 is 0 Å². The lowest BCUT2D eigenvalue weighted by Crippen LogP contribution is -2.44. The van der Waals surface area contributed by atoms with Gasteiger partial charge in [-0.3, -0.25) is 0 Å². The van der Waals surface area contributed by atoms with E-state index in [0.29, 0.717) is 6.54 Å². The molecule has 0 radical (unpaired) electrons. The van der Waals surface area contributed by atoms with Crippen molar-refractivity contribution in [1.29, 1.82) is 0 Å². The smallest absolute Gasteiger partial charge is 0.319 e. The van der Waals surface area contributed by atoms with Gasteiger partial charge in [0, 0.05) is 38.4 Å². The molecule has 1 heterocycles. The molecule has 2 rings (SSSR count). The maximum atomic E-state index is 11.7. The summed E-state index contributed by atoms with van der Waals surface area (Å²) >= 11 is 0. The first kappa shape index (κ1) is 14.8. The van der Waals surface area contributed by atoms with Gasteiger partial charge < -0.3 is 20.9 Å². The van der Waals surface area contributed by atoms with Crippen molar-refractivity contribution < 1.29 is 4.79 Å². The monoisotopic (exact) mass is 276 g/mol. The molecule has 0 aliphatic carbocycles. The summed E-state index contributed by atoms with van der Waals surface area (Å²) in [5, 5.41) is 9.08. The number of nitrogens with zero attached hydrogens (tertiary/aromatic N) is 1. The number of carbonyl (C=O) groups excluding carboxylic acids is 1. The summed E-state index contributed by atoms with van der Waals surface area (Å²) in [5.74, 6) is 0. The van der Waals surface area contributed by atoms with Crippen molar-refractivity contribution in [2.24, 2.45) is 0 Å². The fraction of sp³-hybridized carbons (Fsp3) is 0.533. The molecule has 0 spiro atoms. The van der Waals surface area contributed by atoms with Crippen LogP contribution in [0, 0.1) is 6.92 Å². The third kappa shape index (κ3) is 5.19. The van der Waals surface area contributed by atoms with E-state index in [1.165, 1.54) is 0 Å². The van der Waals surface area contributed by atoms with Crippen molar-refractivity contribution in [1.82, 2.24) is 15.5 Å². The lowest BCUT2D eigenvalue weighted by Gasteiger charge is -2.27. The maximum absolute atomic E-state index is 11.7. The Bertz CT molecular complexity index is 430. The Hall–Kier alpha value is -1.59. The second-order valence-electron chi connectivity index (χ2n) is 5.20. The summed E-state index contributed by atoms with van der Waals surface area (Å²) in [6.45, 7) is 8.12. The highest BCUT2D eigenvalue weighted by Crippen LogP contribution is 2.08. The van der Waals surface area contributed by atoms with Crippen LogP contribution in [0.2, 0.25) is 0 Å². The zero-order valence-electron chi connectivity index (χ0n) is 12.1. The van der Waals surface area contributed by atoms with Crippen molar-refractivity contribution in [2.75, 3.05) is 44.6 Å². The molecule has 3 N–H and O–H groups in total. The van der Waals surface area contributed by atoms with E-state index in [2.05, 4.69) is 20.9 Å². The SMILES string of the molecule is Cc1cccc(NC(=O)NCCCN2CCNCC2)c1. The molecule has 0 unspecified atom stereocenters. The molecule has 0 saturated carbocycles. The van der Waals surface area contributed by atoms with Gasteiger partial charge in [0.15, 0.2) is 0 Å². The second kappa shape index (κ2) is 7.87. The fourth-order valence-electron chi connectivity index (χ4n) is 2.34. The number of rotatable bonds is 5. The summed E-state index contributed by atoms with van der Waals surface area (Å²) in [7, 11) is 0. The van der Waals surface area contributed by atoms with E-state index in [1.807, 2.05) is 31.2 Å². The maximum Gasteiger partial charge on any atom is 0.319 e. The Morgan fingerprint density at radius 1 is 1.35 bits per heavy atom. The number of carbonyl (C=O) groups is 1. The minimum atomic E-state index is -0.129. The predicted octanol–water partition coefficient (Wildman–Crippen LogP) is 1.41. The highest BCUT2D eigenvalue weighted by atomic mass is 16.2. The quantitative estimate of drug-likeness (QED) is 0.713. The molecule has 5 nitrogen and oxygen atoms in total. The van der Waals surface area contributed by atoms with Gasteiger partial charge in [0.25, 0.3) is 0 Å². The topological polar surface area (TPSA) is 56.4 Å². The number of piperazine rings is 1. The fourth-order valence-corrected chi connectivity index (χ4v) is 2.34. The van der Waals surface area contributed by atoms with Crippen molar-refractivity contribution in [3.63, 3.8) is 0 Å². The molecule has 1 aliphatic rings. The van der Waals surface area contributed by atoms with Gasteiger partial charge in [-0.05, 0) is 37.6 Å². The summed E-state index contributed by atoms with van der Waals surface area (Å²) in [6, 6.07) is 7.68. The lowest BCUT2D eigenvalue weighted by atomic mass is 10.2. The summed E-state index contributed by atoms with van der Waals surface area (Å²) < 4.78 is 0. The molecule has 20 heavy (non-hydrogen) atoms. The zero-order chi connectivity index (χ0) is 14.2. The number of benzene rings is 1. The molecule has 0 aromatic heterocycles.